The van der Waals surface area contributed by atoms with Crippen LogP contribution in [0.5, 0.6) is 0 Å². The summed E-state index contributed by atoms with van der Waals surface area (Å²) in [5.41, 5.74) is 3.27. The zero-order valence-electron chi connectivity index (χ0n) is 15.7. The Morgan fingerprint density at radius 1 is 0.933 bits per heavy atom. The van der Waals surface area contributed by atoms with Crippen LogP contribution in [0.3, 0.4) is 0 Å². The lowest BCUT2D eigenvalue weighted by molar-refractivity contribution is 0.601. The molecule has 1 saturated carbocycles. The van der Waals surface area contributed by atoms with E-state index in [9.17, 15) is 8.42 Å². The second kappa shape index (κ2) is 7.82. The number of hydrogen-bond acceptors (Lipinski definition) is 7. The summed E-state index contributed by atoms with van der Waals surface area (Å²) >= 11 is 2.80. The second-order valence-corrected chi connectivity index (χ2v) is 10.5. The molecule has 9 heteroatoms. The van der Waals surface area contributed by atoms with Gasteiger partial charge in [-0.15, -0.1) is 22.7 Å². The third-order valence-electron chi connectivity index (χ3n) is 4.99. The molecule has 0 amide bonds. The van der Waals surface area contributed by atoms with Crippen LogP contribution in [0.4, 0.5) is 16.0 Å². The molecule has 0 spiro atoms. The summed E-state index contributed by atoms with van der Waals surface area (Å²) in [5.74, 6) is 1.03. The van der Waals surface area contributed by atoms with E-state index in [2.05, 4.69) is 44.7 Å². The van der Waals surface area contributed by atoms with Gasteiger partial charge in [0.25, 0.3) is 10.0 Å². The normalized spacial score (nSPS) is 18.1. The van der Waals surface area contributed by atoms with E-state index < -0.39 is 10.0 Å². The smallest absolute Gasteiger partial charge is 0.263 e. The van der Waals surface area contributed by atoms with Crippen LogP contribution >= 0.6 is 22.7 Å². The topological polar surface area (TPSA) is 84.0 Å². The van der Waals surface area contributed by atoms with Gasteiger partial charge in [0, 0.05) is 28.6 Å². The van der Waals surface area contributed by atoms with E-state index in [0.717, 1.165) is 22.9 Å². The number of benzene rings is 2. The number of hydrogen-bond donors (Lipinski definition) is 2. The van der Waals surface area contributed by atoms with E-state index in [4.69, 9.17) is 4.98 Å². The van der Waals surface area contributed by atoms with Crippen LogP contribution in [0.2, 0.25) is 0 Å². The molecule has 4 aromatic rings. The van der Waals surface area contributed by atoms with Gasteiger partial charge in [-0.25, -0.2) is 18.4 Å². The van der Waals surface area contributed by atoms with Gasteiger partial charge in [-0.05, 0) is 42.2 Å². The van der Waals surface area contributed by atoms with Crippen LogP contribution in [-0.2, 0) is 10.0 Å². The molecule has 5 rings (SSSR count). The largest absolute Gasteiger partial charge is 0.332 e. The fourth-order valence-electron chi connectivity index (χ4n) is 3.39. The van der Waals surface area contributed by atoms with Crippen molar-refractivity contribution in [3.8, 4) is 0 Å². The highest BCUT2D eigenvalue weighted by atomic mass is 32.2. The summed E-state index contributed by atoms with van der Waals surface area (Å²) in [5, 5.41) is 8.24. The molecule has 30 heavy (non-hydrogen) atoms. The number of aromatic nitrogens is 2. The van der Waals surface area contributed by atoms with Crippen LogP contribution in [0.25, 0.3) is 0 Å². The maximum Gasteiger partial charge on any atom is 0.263 e. The Hall–Kier alpha value is -2.75. The fraction of sp³-hybridized carbons (Fsp3) is 0.143. The molecule has 0 saturated heterocycles. The minimum Gasteiger partial charge on any atom is -0.332 e. The van der Waals surface area contributed by atoms with Gasteiger partial charge in [-0.3, -0.25) is 4.72 Å². The minimum absolute atomic E-state index is 0.187. The maximum absolute atomic E-state index is 12.4. The van der Waals surface area contributed by atoms with Gasteiger partial charge in [-0.1, -0.05) is 30.3 Å². The summed E-state index contributed by atoms with van der Waals surface area (Å²) in [4.78, 5) is 8.88. The van der Waals surface area contributed by atoms with Crippen molar-refractivity contribution < 1.29 is 8.42 Å². The Labute approximate surface area is 182 Å². The number of thiazole rings is 2. The first kappa shape index (κ1) is 19.2. The minimum atomic E-state index is -3.65. The van der Waals surface area contributed by atoms with Crippen molar-refractivity contribution >= 4 is 48.6 Å². The van der Waals surface area contributed by atoms with Gasteiger partial charge in [0.05, 0.1) is 10.6 Å². The molecule has 2 aromatic heterocycles. The SMILES string of the molecule is O=S(=O)(Nc1nccs1)c1ccc(Nc2nc(C3CC3c3ccccc3)cs2)cc1. The Balaban J connectivity index is 1.24. The molecule has 1 aliphatic rings. The molecule has 1 fully saturated rings. The molecule has 0 bridgehead atoms. The highest BCUT2D eigenvalue weighted by molar-refractivity contribution is 7.93. The molecule has 2 N–H and O–H groups in total. The Kier molecular flexibility index (Phi) is 5.01. The Morgan fingerprint density at radius 2 is 1.73 bits per heavy atom. The van der Waals surface area contributed by atoms with Gasteiger partial charge in [0.15, 0.2) is 10.3 Å². The van der Waals surface area contributed by atoms with Gasteiger partial charge >= 0.3 is 0 Å². The molecule has 6 nitrogen and oxygen atoms in total. The van der Waals surface area contributed by atoms with E-state index in [1.54, 1.807) is 47.2 Å². The fourth-order valence-corrected chi connectivity index (χ4v) is 5.98. The van der Waals surface area contributed by atoms with Gasteiger partial charge in [0.1, 0.15) is 0 Å². The van der Waals surface area contributed by atoms with Gasteiger partial charge in [0.2, 0.25) is 0 Å². The molecule has 0 aliphatic heterocycles. The second-order valence-electron chi connectivity index (χ2n) is 7.03. The summed E-state index contributed by atoms with van der Waals surface area (Å²) in [6.45, 7) is 0. The molecule has 152 valence electrons. The van der Waals surface area contributed by atoms with E-state index in [1.165, 1.54) is 16.9 Å². The van der Waals surface area contributed by atoms with Crippen molar-refractivity contribution in [1.82, 2.24) is 9.97 Å². The quantitative estimate of drug-likeness (QED) is 0.390. The van der Waals surface area contributed by atoms with Gasteiger partial charge in [-0.2, -0.15) is 0 Å². The maximum atomic E-state index is 12.4. The lowest BCUT2D eigenvalue weighted by atomic mass is 10.1. The number of nitrogens with one attached hydrogen (secondary N) is 2. The third-order valence-corrected chi connectivity index (χ3v) is 7.94. The summed E-state index contributed by atoms with van der Waals surface area (Å²) in [6, 6.07) is 17.2. The molecular weight excluding hydrogens is 436 g/mol. The van der Waals surface area contributed by atoms with Crippen molar-refractivity contribution in [2.45, 2.75) is 23.2 Å². The zero-order chi connectivity index (χ0) is 20.6. The average Bonchev–Trinajstić information content (AvgIpc) is 3.13. The van der Waals surface area contributed by atoms with Crippen LogP contribution in [-0.4, -0.2) is 18.4 Å². The summed E-state index contributed by atoms with van der Waals surface area (Å²) < 4.78 is 27.3. The van der Waals surface area contributed by atoms with Crippen molar-refractivity contribution in [2.24, 2.45) is 0 Å². The predicted octanol–water partition coefficient (Wildman–Crippen LogP) is 5.42. The zero-order valence-corrected chi connectivity index (χ0v) is 18.2. The van der Waals surface area contributed by atoms with E-state index in [-0.39, 0.29) is 4.90 Å². The highest BCUT2D eigenvalue weighted by Gasteiger charge is 2.40. The average molecular weight is 455 g/mol. The lowest BCUT2D eigenvalue weighted by Crippen LogP contribution is -2.12. The molecule has 2 unspecified atom stereocenters. The van der Waals surface area contributed by atoms with Crippen LogP contribution in [0, 0.1) is 0 Å². The monoisotopic (exact) mass is 454 g/mol. The molecule has 2 atom stereocenters. The van der Waals surface area contributed by atoms with E-state index in [1.807, 2.05) is 6.07 Å². The van der Waals surface area contributed by atoms with E-state index >= 15 is 0 Å². The first-order valence-electron chi connectivity index (χ1n) is 9.38. The molecular formula is C21H18N4O2S3. The number of anilines is 3. The highest BCUT2D eigenvalue weighted by Crippen LogP contribution is 2.54. The van der Waals surface area contributed by atoms with Crippen molar-refractivity contribution in [3.63, 3.8) is 0 Å². The first-order chi connectivity index (χ1) is 14.6. The van der Waals surface area contributed by atoms with Gasteiger partial charge < -0.3 is 5.32 Å². The first-order valence-corrected chi connectivity index (χ1v) is 12.6. The van der Waals surface area contributed by atoms with E-state index in [0.29, 0.717) is 17.0 Å². The Bertz CT molecular complexity index is 1240. The van der Waals surface area contributed by atoms with Crippen molar-refractivity contribution in [1.29, 1.82) is 0 Å². The summed E-state index contributed by atoms with van der Waals surface area (Å²) in [6.07, 6.45) is 2.69. The number of nitrogens with zero attached hydrogens (tertiary/aromatic N) is 2. The third kappa shape index (κ3) is 4.09. The van der Waals surface area contributed by atoms with Crippen LogP contribution in [0.15, 0.2) is 76.4 Å². The molecule has 1 aliphatic carbocycles. The number of rotatable bonds is 7. The molecule has 0 radical (unpaired) electrons. The van der Waals surface area contributed by atoms with Crippen molar-refractivity contribution in [2.75, 3.05) is 10.0 Å². The van der Waals surface area contributed by atoms with Crippen LogP contribution in [0.1, 0.15) is 29.5 Å². The molecule has 2 aromatic carbocycles. The van der Waals surface area contributed by atoms with Crippen LogP contribution < -0.4 is 10.0 Å². The summed E-state index contributed by atoms with van der Waals surface area (Å²) in [7, 11) is -3.65. The molecule has 2 heterocycles. The predicted molar refractivity (Wildman–Crippen MR) is 121 cm³/mol. The lowest BCUT2D eigenvalue weighted by Gasteiger charge is -2.07. The Morgan fingerprint density at radius 3 is 2.47 bits per heavy atom. The van der Waals surface area contributed by atoms with Crippen molar-refractivity contribution in [3.05, 3.63) is 82.8 Å². The number of sulfonamides is 1. The standard InChI is InChI=1S/C21H18N4O2S3/c26-30(27,25-20-22-10-11-28-20)16-8-6-15(7-9-16)23-21-24-19(13-29-21)18-12-17(18)14-4-2-1-3-5-14/h1-11,13,17-18H,12H2,(H,22,25)(H,23,24).